The van der Waals surface area contributed by atoms with E-state index < -0.39 is 11.7 Å². The molecule has 0 aromatic heterocycles. The Balaban J connectivity index is 2.37. The van der Waals surface area contributed by atoms with E-state index in [0.717, 1.165) is 19.4 Å². The lowest BCUT2D eigenvalue weighted by atomic mass is 9.91. The molecule has 0 radical (unpaired) electrons. The molecule has 1 aliphatic rings. The molecule has 104 valence electrons. The van der Waals surface area contributed by atoms with Gasteiger partial charge in [-0.3, -0.25) is 4.79 Å². The van der Waals surface area contributed by atoms with E-state index in [1.54, 1.807) is 6.07 Å². The summed E-state index contributed by atoms with van der Waals surface area (Å²) in [5.74, 6) is -0.446. The van der Waals surface area contributed by atoms with Crippen LogP contribution < -0.4 is 16.4 Å². The Labute approximate surface area is 112 Å². The van der Waals surface area contributed by atoms with Crippen LogP contribution in [0.5, 0.6) is 0 Å². The van der Waals surface area contributed by atoms with Gasteiger partial charge in [-0.2, -0.15) is 0 Å². The second kappa shape index (κ2) is 5.57. The Bertz CT molecular complexity index is 478. The Kier molecular flexibility index (Phi) is 4.04. The van der Waals surface area contributed by atoms with Gasteiger partial charge in [-0.1, -0.05) is 6.92 Å². The zero-order valence-electron chi connectivity index (χ0n) is 11.1. The number of rotatable bonds is 3. The fourth-order valence-electron chi connectivity index (χ4n) is 2.75. The quantitative estimate of drug-likeness (QED) is 0.869. The second-order valence-corrected chi connectivity index (χ2v) is 5.24. The van der Waals surface area contributed by atoms with Crippen molar-refractivity contribution in [1.82, 2.24) is 0 Å². The van der Waals surface area contributed by atoms with Crippen LogP contribution in [0.1, 0.15) is 30.1 Å². The van der Waals surface area contributed by atoms with Gasteiger partial charge in [0.15, 0.2) is 0 Å². The molecule has 1 heterocycles. The van der Waals surface area contributed by atoms with Gasteiger partial charge in [0.25, 0.3) is 5.91 Å². The van der Waals surface area contributed by atoms with Crippen molar-refractivity contribution in [3.05, 3.63) is 29.6 Å². The van der Waals surface area contributed by atoms with Crippen LogP contribution in [0.3, 0.4) is 0 Å². The van der Waals surface area contributed by atoms with Gasteiger partial charge in [0.1, 0.15) is 5.82 Å². The number of primary amides is 1. The van der Waals surface area contributed by atoms with E-state index in [0.29, 0.717) is 18.2 Å². The molecule has 2 atom stereocenters. The molecule has 0 bridgehead atoms. The van der Waals surface area contributed by atoms with Gasteiger partial charge >= 0.3 is 0 Å². The monoisotopic (exact) mass is 265 g/mol. The first-order chi connectivity index (χ1) is 9.02. The number of halogens is 1. The molecule has 0 aliphatic carbocycles. The molecule has 1 aromatic rings. The molecular weight excluding hydrogens is 245 g/mol. The van der Waals surface area contributed by atoms with Crippen molar-refractivity contribution >= 4 is 11.6 Å². The standard InChI is InChI=1S/C14H20FN3O/c1-9-4-5-18(11(6-9)8-16)13-3-2-10(15)7-12(13)14(17)19/h2-3,7,9,11H,4-6,8,16H2,1H3,(H2,17,19). The number of amides is 1. The molecule has 1 aliphatic heterocycles. The van der Waals surface area contributed by atoms with Gasteiger partial charge in [-0.25, -0.2) is 4.39 Å². The van der Waals surface area contributed by atoms with Crippen LogP contribution in [0.2, 0.25) is 0 Å². The van der Waals surface area contributed by atoms with Crippen LogP contribution in [0.25, 0.3) is 0 Å². The first kappa shape index (κ1) is 13.8. The molecule has 1 fully saturated rings. The van der Waals surface area contributed by atoms with E-state index in [2.05, 4.69) is 11.8 Å². The van der Waals surface area contributed by atoms with Crippen molar-refractivity contribution in [2.75, 3.05) is 18.0 Å². The van der Waals surface area contributed by atoms with Crippen LogP contribution in [0.15, 0.2) is 18.2 Å². The molecule has 5 heteroatoms. The summed E-state index contributed by atoms with van der Waals surface area (Å²) >= 11 is 0. The van der Waals surface area contributed by atoms with E-state index in [1.165, 1.54) is 12.1 Å². The molecule has 1 aromatic carbocycles. The number of piperidine rings is 1. The van der Waals surface area contributed by atoms with Crippen molar-refractivity contribution < 1.29 is 9.18 Å². The van der Waals surface area contributed by atoms with E-state index in [9.17, 15) is 9.18 Å². The van der Waals surface area contributed by atoms with Crippen LogP contribution in [0, 0.1) is 11.7 Å². The summed E-state index contributed by atoms with van der Waals surface area (Å²) in [6.07, 6.45) is 2.01. The van der Waals surface area contributed by atoms with Crippen molar-refractivity contribution in [2.24, 2.45) is 17.4 Å². The number of nitrogens with two attached hydrogens (primary N) is 2. The van der Waals surface area contributed by atoms with Crippen molar-refractivity contribution in [2.45, 2.75) is 25.8 Å². The lowest BCUT2D eigenvalue weighted by molar-refractivity contribution is 0.1000. The second-order valence-electron chi connectivity index (χ2n) is 5.24. The SMILES string of the molecule is CC1CCN(c2ccc(F)cc2C(N)=O)C(CN)C1. The van der Waals surface area contributed by atoms with Crippen LogP contribution >= 0.6 is 0 Å². The highest BCUT2D eigenvalue weighted by Crippen LogP contribution is 2.30. The number of carbonyl (C=O) groups is 1. The summed E-state index contributed by atoms with van der Waals surface area (Å²) in [5, 5.41) is 0. The first-order valence-corrected chi connectivity index (χ1v) is 6.59. The lowest BCUT2D eigenvalue weighted by Crippen LogP contribution is -2.47. The maximum Gasteiger partial charge on any atom is 0.250 e. The molecule has 0 spiro atoms. The van der Waals surface area contributed by atoms with Crippen LogP contribution in [-0.4, -0.2) is 25.0 Å². The first-order valence-electron chi connectivity index (χ1n) is 6.59. The Morgan fingerprint density at radius 1 is 1.53 bits per heavy atom. The smallest absolute Gasteiger partial charge is 0.250 e. The van der Waals surface area contributed by atoms with E-state index in [-0.39, 0.29) is 11.6 Å². The van der Waals surface area contributed by atoms with Crippen LogP contribution in [-0.2, 0) is 0 Å². The van der Waals surface area contributed by atoms with Gasteiger partial charge in [0.2, 0.25) is 0 Å². The summed E-state index contributed by atoms with van der Waals surface area (Å²) in [4.78, 5) is 13.6. The minimum atomic E-state index is -0.608. The Morgan fingerprint density at radius 2 is 2.26 bits per heavy atom. The third-order valence-corrected chi connectivity index (χ3v) is 3.78. The molecule has 19 heavy (non-hydrogen) atoms. The molecule has 1 amide bonds. The molecule has 2 unspecified atom stereocenters. The van der Waals surface area contributed by atoms with Gasteiger partial charge in [0, 0.05) is 19.1 Å². The molecule has 4 N–H and O–H groups in total. The molecule has 4 nitrogen and oxygen atoms in total. The third-order valence-electron chi connectivity index (χ3n) is 3.78. The summed E-state index contributed by atoms with van der Waals surface area (Å²) in [6, 6.07) is 4.34. The topological polar surface area (TPSA) is 72.3 Å². The Hall–Kier alpha value is -1.62. The van der Waals surface area contributed by atoms with Gasteiger partial charge in [0.05, 0.1) is 11.3 Å². The van der Waals surface area contributed by atoms with E-state index in [4.69, 9.17) is 11.5 Å². The van der Waals surface area contributed by atoms with Gasteiger partial charge in [-0.05, 0) is 37.0 Å². The number of anilines is 1. The summed E-state index contributed by atoms with van der Waals surface area (Å²) < 4.78 is 13.3. The van der Waals surface area contributed by atoms with Crippen molar-refractivity contribution in [3.63, 3.8) is 0 Å². The number of hydrogen-bond donors (Lipinski definition) is 2. The highest BCUT2D eigenvalue weighted by Gasteiger charge is 2.27. The van der Waals surface area contributed by atoms with Crippen molar-refractivity contribution in [3.8, 4) is 0 Å². The predicted molar refractivity (Wildman–Crippen MR) is 73.5 cm³/mol. The van der Waals surface area contributed by atoms with E-state index in [1.807, 2.05) is 0 Å². The fraction of sp³-hybridized carbons (Fsp3) is 0.500. The third kappa shape index (κ3) is 2.87. The zero-order chi connectivity index (χ0) is 14.0. The summed E-state index contributed by atoms with van der Waals surface area (Å²) in [7, 11) is 0. The maximum atomic E-state index is 13.3. The zero-order valence-corrected chi connectivity index (χ0v) is 11.1. The van der Waals surface area contributed by atoms with Crippen LogP contribution in [0.4, 0.5) is 10.1 Å². The molecular formula is C14H20FN3O. The summed E-state index contributed by atoms with van der Waals surface area (Å²) in [6.45, 7) is 3.52. The number of benzene rings is 1. The highest BCUT2D eigenvalue weighted by molar-refractivity contribution is 5.98. The Morgan fingerprint density at radius 3 is 2.89 bits per heavy atom. The average Bonchev–Trinajstić information content (AvgIpc) is 2.38. The molecule has 2 rings (SSSR count). The number of hydrogen-bond acceptors (Lipinski definition) is 3. The molecule has 1 saturated heterocycles. The minimum Gasteiger partial charge on any atom is -0.367 e. The molecule has 0 saturated carbocycles. The normalized spacial score (nSPS) is 23.4. The fourth-order valence-corrected chi connectivity index (χ4v) is 2.75. The number of carbonyl (C=O) groups excluding carboxylic acids is 1. The number of nitrogens with zero attached hydrogens (tertiary/aromatic N) is 1. The van der Waals surface area contributed by atoms with Gasteiger partial charge < -0.3 is 16.4 Å². The van der Waals surface area contributed by atoms with E-state index >= 15 is 0 Å². The lowest BCUT2D eigenvalue weighted by Gasteiger charge is -2.40. The minimum absolute atomic E-state index is 0.173. The predicted octanol–water partition coefficient (Wildman–Crippen LogP) is 1.49. The average molecular weight is 265 g/mol. The maximum absolute atomic E-state index is 13.3. The van der Waals surface area contributed by atoms with Gasteiger partial charge in [-0.15, -0.1) is 0 Å². The highest BCUT2D eigenvalue weighted by atomic mass is 19.1. The largest absolute Gasteiger partial charge is 0.367 e. The van der Waals surface area contributed by atoms with Crippen molar-refractivity contribution in [1.29, 1.82) is 0 Å². The summed E-state index contributed by atoms with van der Waals surface area (Å²) in [5.41, 5.74) is 12.1.